The summed E-state index contributed by atoms with van der Waals surface area (Å²) in [5.74, 6) is 0. The topological polar surface area (TPSA) is 90.2 Å². The molecule has 0 amide bonds. The van der Waals surface area contributed by atoms with E-state index in [0.29, 0.717) is 0 Å². The van der Waals surface area contributed by atoms with Gasteiger partial charge >= 0.3 is 0 Å². The molecule has 0 aromatic carbocycles. The molecule has 0 fully saturated rings. The molecule has 2 unspecified atom stereocenters. The second-order valence-corrected chi connectivity index (χ2v) is 2.87. The Balaban J connectivity index is 3.23. The first kappa shape index (κ1) is 12.8. The average Bonchev–Trinajstić information content (AvgIpc) is 2.05. The van der Waals surface area contributed by atoms with Gasteiger partial charge in [-0.25, -0.2) is 0 Å². The Hall–Kier alpha value is -0.200. The molecule has 0 saturated heterocycles. The molecule has 5 nitrogen and oxygen atoms in total. The van der Waals surface area contributed by atoms with Crippen molar-refractivity contribution in [3.05, 3.63) is 0 Å². The molecule has 4 N–H and O–H groups in total. The molecular formula is C8H18O5. The number of hydrogen-bond acceptors (Lipinski definition) is 5. The van der Waals surface area contributed by atoms with Crippen LogP contribution in [0.4, 0.5) is 0 Å². The summed E-state index contributed by atoms with van der Waals surface area (Å²) >= 11 is 0. The van der Waals surface area contributed by atoms with Gasteiger partial charge in [0.25, 0.3) is 0 Å². The zero-order valence-electron chi connectivity index (χ0n) is 7.59. The molecule has 0 aliphatic carbocycles. The molecule has 0 aliphatic rings. The summed E-state index contributed by atoms with van der Waals surface area (Å²) in [6, 6.07) is 0. The predicted octanol–water partition coefficient (Wildman–Crippen LogP) is -1.51. The lowest BCUT2D eigenvalue weighted by Gasteiger charge is -2.12. The summed E-state index contributed by atoms with van der Waals surface area (Å²) in [6.07, 6.45) is -0.829. The Kier molecular flexibility index (Phi) is 8.27. The van der Waals surface area contributed by atoms with Gasteiger partial charge in [0, 0.05) is 13.2 Å². The molecule has 0 aromatic rings. The highest BCUT2D eigenvalue weighted by atomic mass is 16.5. The summed E-state index contributed by atoms with van der Waals surface area (Å²) in [6.45, 7) is 0.0412. The SMILES string of the molecule is OCCC(O)COCC(O)CCO. The number of rotatable bonds is 8. The Morgan fingerprint density at radius 3 is 1.54 bits per heavy atom. The summed E-state index contributed by atoms with van der Waals surface area (Å²) < 4.78 is 4.94. The zero-order valence-corrected chi connectivity index (χ0v) is 7.59. The first-order chi connectivity index (χ1) is 6.20. The number of ether oxygens (including phenoxy) is 1. The minimum atomic E-state index is -0.689. The monoisotopic (exact) mass is 194 g/mol. The van der Waals surface area contributed by atoms with Gasteiger partial charge in [-0.3, -0.25) is 0 Å². The number of aliphatic hydroxyl groups excluding tert-OH is 4. The van der Waals surface area contributed by atoms with Crippen molar-refractivity contribution in [1.29, 1.82) is 0 Å². The molecule has 0 bridgehead atoms. The molecule has 0 spiro atoms. The Bertz CT molecular complexity index is 96.7. The maximum Gasteiger partial charge on any atom is 0.0795 e. The Morgan fingerprint density at radius 2 is 1.23 bits per heavy atom. The van der Waals surface area contributed by atoms with Crippen LogP contribution in [0.3, 0.4) is 0 Å². The van der Waals surface area contributed by atoms with Crippen LogP contribution in [0.25, 0.3) is 0 Å². The van der Waals surface area contributed by atoms with Crippen LogP contribution in [0.1, 0.15) is 12.8 Å². The van der Waals surface area contributed by atoms with E-state index in [0.717, 1.165) is 0 Å². The van der Waals surface area contributed by atoms with Gasteiger partial charge in [0.05, 0.1) is 25.4 Å². The lowest BCUT2D eigenvalue weighted by Crippen LogP contribution is -2.22. The van der Waals surface area contributed by atoms with E-state index in [2.05, 4.69) is 0 Å². The highest BCUT2D eigenvalue weighted by Crippen LogP contribution is 1.95. The van der Waals surface area contributed by atoms with Gasteiger partial charge < -0.3 is 25.2 Å². The molecule has 5 heteroatoms. The van der Waals surface area contributed by atoms with Crippen molar-refractivity contribution in [2.45, 2.75) is 25.0 Å². The maximum absolute atomic E-state index is 9.08. The van der Waals surface area contributed by atoms with Crippen LogP contribution in [0.5, 0.6) is 0 Å². The number of hydrogen-bond donors (Lipinski definition) is 4. The minimum absolute atomic E-state index is 0.0796. The zero-order chi connectivity index (χ0) is 10.1. The summed E-state index contributed by atoms with van der Waals surface area (Å²) in [5, 5.41) is 35.0. The van der Waals surface area contributed by atoms with E-state index >= 15 is 0 Å². The third-order valence-corrected chi connectivity index (χ3v) is 1.55. The number of aliphatic hydroxyl groups is 4. The fourth-order valence-electron chi connectivity index (χ4n) is 0.805. The largest absolute Gasteiger partial charge is 0.396 e. The normalized spacial score (nSPS) is 15.7. The van der Waals surface area contributed by atoms with Gasteiger partial charge in [0.1, 0.15) is 0 Å². The molecule has 0 rings (SSSR count). The van der Waals surface area contributed by atoms with Gasteiger partial charge in [-0.05, 0) is 12.8 Å². The fourth-order valence-corrected chi connectivity index (χ4v) is 0.805. The van der Waals surface area contributed by atoms with E-state index in [4.69, 9.17) is 25.2 Å². The Labute approximate surface area is 77.6 Å². The third-order valence-electron chi connectivity index (χ3n) is 1.55. The van der Waals surface area contributed by atoms with Crippen LogP contribution < -0.4 is 0 Å². The van der Waals surface area contributed by atoms with E-state index in [1.54, 1.807) is 0 Å². The standard InChI is InChI=1S/C8H18O5/c9-3-1-7(11)5-13-6-8(12)2-4-10/h7-12H,1-6H2. The molecular weight excluding hydrogens is 176 g/mol. The molecule has 0 radical (unpaired) electrons. The highest BCUT2D eigenvalue weighted by molar-refractivity contribution is 4.55. The van der Waals surface area contributed by atoms with E-state index in [-0.39, 0.29) is 39.3 Å². The molecule has 80 valence electrons. The average molecular weight is 194 g/mol. The van der Waals surface area contributed by atoms with Gasteiger partial charge in [0.2, 0.25) is 0 Å². The van der Waals surface area contributed by atoms with Crippen LogP contribution >= 0.6 is 0 Å². The van der Waals surface area contributed by atoms with Crippen LogP contribution in [-0.2, 0) is 4.74 Å². The maximum atomic E-state index is 9.08. The predicted molar refractivity (Wildman–Crippen MR) is 46.2 cm³/mol. The first-order valence-electron chi connectivity index (χ1n) is 4.36. The van der Waals surface area contributed by atoms with Crippen molar-refractivity contribution in [3.8, 4) is 0 Å². The first-order valence-corrected chi connectivity index (χ1v) is 4.36. The van der Waals surface area contributed by atoms with Gasteiger partial charge in [-0.2, -0.15) is 0 Å². The van der Waals surface area contributed by atoms with E-state index in [9.17, 15) is 0 Å². The molecule has 0 aliphatic heterocycles. The smallest absolute Gasteiger partial charge is 0.0795 e. The summed E-state index contributed by atoms with van der Waals surface area (Å²) in [4.78, 5) is 0. The lowest BCUT2D eigenvalue weighted by molar-refractivity contribution is -0.0191. The summed E-state index contributed by atoms with van der Waals surface area (Å²) in [5.41, 5.74) is 0. The second-order valence-electron chi connectivity index (χ2n) is 2.87. The van der Waals surface area contributed by atoms with E-state index < -0.39 is 12.2 Å². The summed E-state index contributed by atoms with van der Waals surface area (Å²) in [7, 11) is 0. The fraction of sp³-hybridized carbons (Fsp3) is 1.00. The lowest BCUT2D eigenvalue weighted by atomic mass is 10.2. The van der Waals surface area contributed by atoms with E-state index in [1.807, 2.05) is 0 Å². The molecule has 0 heterocycles. The van der Waals surface area contributed by atoms with Gasteiger partial charge in [-0.15, -0.1) is 0 Å². The molecule has 0 saturated carbocycles. The third kappa shape index (κ3) is 8.14. The van der Waals surface area contributed by atoms with Crippen LogP contribution in [-0.4, -0.2) is 59.1 Å². The van der Waals surface area contributed by atoms with Crippen LogP contribution in [0.2, 0.25) is 0 Å². The van der Waals surface area contributed by atoms with Crippen molar-refractivity contribution < 1.29 is 25.2 Å². The van der Waals surface area contributed by atoms with Gasteiger partial charge in [0.15, 0.2) is 0 Å². The highest BCUT2D eigenvalue weighted by Gasteiger charge is 2.06. The second kappa shape index (κ2) is 8.40. The molecule has 0 aromatic heterocycles. The Morgan fingerprint density at radius 1 is 0.846 bits per heavy atom. The quantitative estimate of drug-likeness (QED) is 0.377. The minimum Gasteiger partial charge on any atom is -0.396 e. The van der Waals surface area contributed by atoms with Crippen molar-refractivity contribution in [2.75, 3.05) is 26.4 Å². The molecule has 13 heavy (non-hydrogen) atoms. The van der Waals surface area contributed by atoms with Crippen molar-refractivity contribution in [1.82, 2.24) is 0 Å². The van der Waals surface area contributed by atoms with E-state index in [1.165, 1.54) is 0 Å². The van der Waals surface area contributed by atoms with Crippen LogP contribution in [0, 0.1) is 0 Å². The van der Waals surface area contributed by atoms with Crippen molar-refractivity contribution >= 4 is 0 Å². The van der Waals surface area contributed by atoms with Crippen LogP contribution in [0.15, 0.2) is 0 Å². The van der Waals surface area contributed by atoms with Gasteiger partial charge in [-0.1, -0.05) is 0 Å². The van der Waals surface area contributed by atoms with Crippen molar-refractivity contribution in [3.63, 3.8) is 0 Å². The molecule has 2 atom stereocenters. The van der Waals surface area contributed by atoms with Crippen molar-refractivity contribution in [2.24, 2.45) is 0 Å².